The van der Waals surface area contributed by atoms with Crippen molar-refractivity contribution in [3.63, 3.8) is 0 Å². The van der Waals surface area contributed by atoms with E-state index < -0.39 is 35.6 Å². The van der Waals surface area contributed by atoms with Crippen LogP contribution in [-0.2, 0) is 36.9 Å². The lowest BCUT2D eigenvalue weighted by atomic mass is 9.94. The van der Waals surface area contributed by atoms with Gasteiger partial charge in [-0.3, -0.25) is 9.59 Å². The predicted molar refractivity (Wildman–Crippen MR) is 223 cm³/mol. The Bertz CT molecular complexity index is 2050. The van der Waals surface area contributed by atoms with Gasteiger partial charge in [-0.2, -0.15) is 0 Å². The average Bonchev–Trinajstić information content (AvgIpc) is 3.86. The number of nitrogens with one attached hydrogen (secondary N) is 3. The second-order valence-electron chi connectivity index (χ2n) is 15.9. The second-order valence-corrected chi connectivity index (χ2v) is 15.9. The Kier molecular flexibility index (Phi) is 13.7. The molecule has 7 rings (SSSR count). The van der Waals surface area contributed by atoms with Crippen molar-refractivity contribution in [3.8, 4) is 16.9 Å². The van der Waals surface area contributed by atoms with Crippen LogP contribution in [0.15, 0.2) is 115 Å². The topological polar surface area (TPSA) is 152 Å². The molecule has 0 unspecified atom stereocenters. The van der Waals surface area contributed by atoms with Crippen molar-refractivity contribution in [1.82, 2.24) is 16.0 Å². The molecule has 0 saturated heterocycles. The molecular formula is C48H53N3O8. The van der Waals surface area contributed by atoms with Crippen molar-refractivity contribution in [2.45, 2.75) is 87.9 Å². The number of aliphatic hydroxyl groups is 1. The SMILES string of the molecule is O=C(C[C@H]1CC=CCC[C@H](NC(=O)OCC2c3ccccc3-c3ccccc32)C(=O)OCC2(CCCC2)NC1=O)N[C@H](CO)Cc1ccc(OCc2ccccc2)cc1. The van der Waals surface area contributed by atoms with E-state index in [4.69, 9.17) is 14.2 Å². The van der Waals surface area contributed by atoms with Crippen LogP contribution in [0.5, 0.6) is 5.75 Å². The van der Waals surface area contributed by atoms with Crippen LogP contribution in [0.3, 0.4) is 0 Å². The van der Waals surface area contributed by atoms with Crippen molar-refractivity contribution in [3.05, 3.63) is 138 Å². The Hall–Kier alpha value is -5.94. The highest BCUT2D eigenvalue weighted by Gasteiger charge is 2.39. The van der Waals surface area contributed by atoms with Crippen LogP contribution < -0.4 is 20.7 Å². The number of ether oxygens (including phenoxy) is 3. The highest BCUT2D eigenvalue weighted by molar-refractivity contribution is 5.87. The lowest BCUT2D eigenvalue weighted by Crippen LogP contribution is -2.53. The molecule has 59 heavy (non-hydrogen) atoms. The van der Waals surface area contributed by atoms with Gasteiger partial charge in [0.2, 0.25) is 11.8 Å². The number of rotatable bonds is 12. The van der Waals surface area contributed by atoms with Crippen LogP contribution in [-0.4, -0.2) is 66.4 Å². The van der Waals surface area contributed by atoms with Gasteiger partial charge in [0.25, 0.3) is 0 Å². The molecule has 11 nitrogen and oxygen atoms in total. The average molecular weight is 800 g/mol. The number of carbonyl (C=O) groups is 4. The zero-order valence-corrected chi connectivity index (χ0v) is 33.3. The minimum Gasteiger partial charge on any atom is -0.489 e. The van der Waals surface area contributed by atoms with Crippen molar-refractivity contribution in [2.24, 2.45) is 5.92 Å². The number of hydrogen-bond acceptors (Lipinski definition) is 8. The number of alkyl carbamates (subject to hydrolysis) is 1. The standard InChI is InChI=1S/C48H53N3O8/c52-29-36(27-33-21-23-37(24-22-33)57-30-34-13-3-1-4-14-34)49-44(53)28-35-15-5-2-6-20-43(46(55)59-32-48(51-45(35)54)25-11-12-26-48)50-47(56)58-31-42-40-18-9-7-16-38(40)39-17-8-10-19-41(39)42/h1-5,7-10,13-14,16-19,21-24,35-36,42-43,52H,6,11-12,15,20,25-32H2,(H,49,53)(H,50,56)(H,51,54)/t35-,36+,43+/m1/s1. The lowest BCUT2D eigenvalue weighted by Gasteiger charge is -2.32. The molecule has 0 bridgehead atoms. The first kappa shape index (κ1) is 41.2. The monoisotopic (exact) mass is 799 g/mol. The van der Waals surface area contributed by atoms with E-state index in [9.17, 15) is 24.3 Å². The molecular weight excluding hydrogens is 747 g/mol. The number of carbonyl (C=O) groups excluding carboxylic acids is 4. The summed E-state index contributed by atoms with van der Waals surface area (Å²) in [6, 6.07) is 32.1. The third kappa shape index (κ3) is 10.8. The summed E-state index contributed by atoms with van der Waals surface area (Å²) in [5.41, 5.74) is 5.63. The molecule has 4 aromatic carbocycles. The number of benzene rings is 4. The van der Waals surface area contributed by atoms with Crippen molar-refractivity contribution >= 4 is 23.9 Å². The molecule has 1 heterocycles. The van der Waals surface area contributed by atoms with Crippen LogP contribution in [0.25, 0.3) is 11.1 Å². The van der Waals surface area contributed by atoms with Crippen LogP contribution >= 0.6 is 0 Å². The maximum atomic E-state index is 13.9. The number of hydrogen-bond donors (Lipinski definition) is 4. The molecule has 1 aliphatic heterocycles. The van der Waals surface area contributed by atoms with Gasteiger partial charge in [0, 0.05) is 12.3 Å². The van der Waals surface area contributed by atoms with Gasteiger partial charge in [-0.15, -0.1) is 0 Å². The van der Waals surface area contributed by atoms with Gasteiger partial charge >= 0.3 is 12.1 Å². The Morgan fingerprint density at radius 3 is 2.22 bits per heavy atom. The number of fused-ring (bicyclic) bond motifs is 3. The molecule has 2 aliphatic carbocycles. The van der Waals surface area contributed by atoms with E-state index in [1.807, 2.05) is 103 Å². The summed E-state index contributed by atoms with van der Waals surface area (Å²) < 4.78 is 17.5. The molecule has 1 spiro atoms. The Morgan fingerprint density at radius 2 is 1.53 bits per heavy atom. The van der Waals surface area contributed by atoms with Crippen molar-refractivity contribution in [2.75, 3.05) is 19.8 Å². The fourth-order valence-electron chi connectivity index (χ4n) is 8.40. The highest BCUT2D eigenvalue weighted by atomic mass is 16.6. The van der Waals surface area contributed by atoms with E-state index in [1.54, 1.807) is 0 Å². The number of allylic oxidation sites excluding steroid dienone is 2. The minimum atomic E-state index is -0.958. The summed E-state index contributed by atoms with van der Waals surface area (Å²) in [5.74, 6) is -1.31. The fraction of sp³-hybridized carbons (Fsp3) is 0.375. The number of cyclic esters (lactones) is 1. The smallest absolute Gasteiger partial charge is 0.407 e. The third-order valence-corrected chi connectivity index (χ3v) is 11.6. The molecule has 3 amide bonds. The Balaban J connectivity index is 0.943. The summed E-state index contributed by atoms with van der Waals surface area (Å²) >= 11 is 0. The summed E-state index contributed by atoms with van der Waals surface area (Å²) in [5, 5.41) is 19.0. The quantitative estimate of drug-likeness (QED) is 0.0892. The first-order valence-electron chi connectivity index (χ1n) is 20.7. The Labute approximate surface area is 345 Å². The summed E-state index contributed by atoms with van der Waals surface area (Å²) in [6.45, 7) is 0.250. The fourth-order valence-corrected chi connectivity index (χ4v) is 8.40. The molecule has 3 aliphatic rings. The van der Waals surface area contributed by atoms with Gasteiger partial charge in [-0.05, 0) is 84.0 Å². The van der Waals surface area contributed by atoms with E-state index in [2.05, 4.69) is 28.1 Å². The van der Waals surface area contributed by atoms with Crippen molar-refractivity contribution < 1.29 is 38.5 Å². The largest absolute Gasteiger partial charge is 0.489 e. The number of esters is 1. The van der Waals surface area contributed by atoms with E-state index >= 15 is 0 Å². The first-order valence-corrected chi connectivity index (χ1v) is 20.7. The van der Waals surface area contributed by atoms with Gasteiger partial charge in [0.15, 0.2) is 0 Å². The van der Waals surface area contributed by atoms with Crippen LogP contribution in [0.2, 0.25) is 0 Å². The molecule has 4 aromatic rings. The molecule has 0 radical (unpaired) electrons. The van der Waals surface area contributed by atoms with E-state index in [0.29, 0.717) is 38.7 Å². The molecule has 3 atom stereocenters. The maximum Gasteiger partial charge on any atom is 0.407 e. The molecule has 1 saturated carbocycles. The zero-order valence-electron chi connectivity index (χ0n) is 33.3. The van der Waals surface area contributed by atoms with Gasteiger partial charge in [0.05, 0.1) is 24.1 Å². The van der Waals surface area contributed by atoms with E-state index in [1.165, 1.54) is 0 Å². The number of amides is 3. The number of aliphatic hydroxyl groups excluding tert-OH is 1. The molecule has 308 valence electrons. The minimum absolute atomic E-state index is 0.0462. The van der Waals surface area contributed by atoms with Crippen LogP contribution in [0, 0.1) is 5.92 Å². The maximum absolute atomic E-state index is 13.9. The zero-order chi connectivity index (χ0) is 41.0. The Morgan fingerprint density at radius 1 is 0.847 bits per heavy atom. The summed E-state index contributed by atoms with van der Waals surface area (Å²) in [6.07, 6.45) is 7.22. The summed E-state index contributed by atoms with van der Waals surface area (Å²) in [4.78, 5) is 54.0. The van der Waals surface area contributed by atoms with Crippen LogP contribution in [0.1, 0.15) is 79.5 Å². The first-order chi connectivity index (χ1) is 28.8. The van der Waals surface area contributed by atoms with Gasteiger partial charge in [-0.1, -0.05) is 116 Å². The predicted octanol–water partition coefficient (Wildman–Crippen LogP) is 6.91. The van der Waals surface area contributed by atoms with Crippen LogP contribution in [0.4, 0.5) is 4.79 Å². The molecule has 0 aromatic heterocycles. The van der Waals surface area contributed by atoms with E-state index in [0.717, 1.165) is 52.0 Å². The highest BCUT2D eigenvalue weighted by Crippen LogP contribution is 2.44. The van der Waals surface area contributed by atoms with E-state index in [-0.39, 0.29) is 50.4 Å². The van der Waals surface area contributed by atoms with Crippen molar-refractivity contribution in [1.29, 1.82) is 0 Å². The van der Waals surface area contributed by atoms with Gasteiger partial charge < -0.3 is 35.3 Å². The molecule has 1 fully saturated rings. The summed E-state index contributed by atoms with van der Waals surface area (Å²) in [7, 11) is 0. The third-order valence-electron chi connectivity index (χ3n) is 11.6. The molecule has 4 N–H and O–H groups in total. The van der Waals surface area contributed by atoms with Gasteiger partial charge in [-0.25, -0.2) is 9.59 Å². The van der Waals surface area contributed by atoms with Gasteiger partial charge in [0.1, 0.15) is 31.6 Å². The second kappa shape index (κ2) is 19.7. The lowest BCUT2D eigenvalue weighted by molar-refractivity contribution is -0.149. The molecule has 11 heteroatoms. The normalized spacial score (nSPS) is 19.5.